The van der Waals surface area contributed by atoms with Gasteiger partial charge in [0.25, 0.3) is 5.91 Å². The lowest BCUT2D eigenvalue weighted by atomic mass is 9.85. The number of benzene rings is 2. The van der Waals surface area contributed by atoms with Crippen molar-refractivity contribution in [2.75, 3.05) is 10.2 Å². The average Bonchev–Trinajstić information content (AvgIpc) is 3.41. The monoisotopic (exact) mass is 426 g/mol. The van der Waals surface area contributed by atoms with Gasteiger partial charge in [-0.15, -0.1) is 0 Å². The number of halogens is 3. The van der Waals surface area contributed by atoms with Crippen molar-refractivity contribution in [3.8, 4) is 0 Å². The Hall–Kier alpha value is -3.42. The van der Waals surface area contributed by atoms with Gasteiger partial charge in [-0.3, -0.25) is 14.4 Å². The van der Waals surface area contributed by atoms with E-state index in [4.69, 9.17) is 0 Å². The fourth-order valence-electron chi connectivity index (χ4n) is 4.98. The van der Waals surface area contributed by atoms with Gasteiger partial charge in [-0.25, -0.2) is 4.90 Å². The number of anilines is 2. The van der Waals surface area contributed by atoms with Crippen LogP contribution in [0.4, 0.5) is 24.5 Å². The van der Waals surface area contributed by atoms with Crippen LogP contribution in [0.25, 0.3) is 0 Å². The van der Waals surface area contributed by atoms with Crippen LogP contribution in [-0.2, 0) is 15.8 Å². The molecule has 1 aliphatic heterocycles. The van der Waals surface area contributed by atoms with E-state index < -0.39 is 17.6 Å². The molecule has 1 saturated heterocycles. The third-order valence-corrected chi connectivity index (χ3v) is 6.32. The van der Waals surface area contributed by atoms with E-state index in [2.05, 4.69) is 5.32 Å². The number of nitrogens with zero attached hydrogens (tertiary/aromatic N) is 1. The van der Waals surface area contributed by atoms with Crippen molar-refractivity contribution in [2.45, 2.75) is 12.6 Å². The van der Waals surface area contributed by atoms with Crippen LogP contribution in [0, 0.1) is 23.7 Å². The summed E-state index contributed by atoms with van der Waals surface area (Å²) in [5.74, 6) is -1.97. The fourth-order valence-corrected chi connectivity index (χ4v) is 4.98. The molecule has 8 heteroatoms. The summed E-state index contributed by atoms with van der Waals surface area (Å²) in [7, 11) is 0. The Kier molecular flexibility index (Phi) is 4.28. The molecule has 0 radical (unpaired) electrons. The number of imide groups is 1. The van der Waals surface area contributed by atoms with Crippen molar-refractivity contribution in [2.24, 2.45) is 23.7 Å². The van der Waals surface area contributed by atoms with E-state index in [9.17, 15) is 27.6 Å². The standard InChI is InChI=1S/C23H17F3N2O3/c24-23(25,26)16-6-1-2-7-17(16)27-20(29)14-4-3-5-15(11-14)28-21(30)18-12-8-9-13(10-12)19(18)22(28)31/h1-9,11-13,18-19H,10H2,(H,27,29)/t12-,13-,18+,19+/m0/s1. The summed E-state index contributed by atoms with van der Waals surface area (Å²) in [6.45, 7) is 0. The minimum absolute atomic E-state index is 0.0493. The Morgan fingerprint density at radius 3 is 2.23 bits per heavy atom. The molecule has 1 N–H and O–H groups in total. The molecule has 0 aromatic heterocycles. The van der Waals surface area contributed by atoms with E-state index in [-0.39, 0.29) is 52.4 Å². The fraction of sp³-hybridized carbons (Fsp3) is 0.261. The Morgan fingerprint density at radius 1 is 0.935 bits per heavy atom. The molecular weight excluding hydrogens is 409 g/mol. The molecule has 31 heavy (non-hydrogen) atoms. The molecule has 2 fully saturated rings. The van der Waals surface area contributed by atoms with Crippen LogP contribution in [0.2, 0.25) is 0 Å². The maximum Gasteiger partial charge on any atom is 0.418 e. The van der Waals surface area contributed by atoms with Crippen molar-refractivity contribution >= 4 is 29.1 Å². The van der Waals surface area contributed by atoms with Gasteiger partial charge in [0.05, 0.1) is 28.8 Å². The van der Waals surface area contributed by atoms with Crippen LogP contribution in [0.5, 0.6) is 0 Å². The molecule has 0 spiro atoms. The van der Waals surface area contributed by atoms with E-state index in [0.717, 1.165) is 17.4 Å². The number of hydrogen-bond acceptors (Lipinski definition) is 3. The molecule has 2 aromatic carbocycles. The number of fused-ring (bicyclic) bond motifs is 5. The third kappa shape index (κ3) is 3.05. The van der Waals surface area contributed by atoms with E-state index in [1.807, 2.05) is 12.2 Å². The summed E-state index contributed by atoms with van der Waals surface area (Å²) in [4.78, 5) is 39.7. The predicted octanol–water partition coefficient (Wildman–Crippen LogP) is 4.27. The van der Waals surface area contributed by atoms with Gasteiger partial charge in [0.15, 0.2) is 0 Å². The lowest BCUT2D eigenvalue weighted by molar-refractivity contribution is -0.137. The molecule has 3 aliphatic rings. The molecule has 3 amide bonds. The molecule has 1 saturated carbocycles. The summed E-state index contributed by atoms with van der Waals surface area (Å²) in [6, 6.07) is 10.5. The number of hydrogen-bond donors (Lipinski definition) is 1. The number of alkyl halides is 3. The Morgan fingerprint density at radius 2 is 1.58 bits per heavy atom. The van der Waals surface area contributed by atoms with Gasteiger partial charge in [-0.2, -0.15) is 13.2 Å². The number of nitrogens with one attached hydrogen (secondary N) is 1. The lowest BCUT2D eigenvalue weighted by Gasteiger charge is -2.18. The van der Waals surface area contributed by atoms with Crippen LogP contribution in [-0.4, -0.2) is 17.7 Å². The first-order valence-corrected chi connectivity index (χ1v) is 9.89. The number of carbonyl (C=O) groups excluding carboxylic acids is 3. The molecule has 2 aromatic rings. The molecule has 5 rings (SSSR count). The smallest absolute Gasteiger partial charge is 0.321 e. The van der Waals surface area contributed by atoms with E-state index in [1.54, 1.807) is 6.07 Å². The van der Waals surface area contributed by atoms with Crippen molar-refractivity contribution in [1.29, 1.82) is 0 Å². The van der Waals surface area contributed by atoms with Crippen molar-refractivity contribution in [1.82, 2.24) is 0 Å². The van der Waals surface area contributed by atoms with Gasteiger partial charge >= 0.3 is 6.18 Å². The second-order valence-corrected chi connectivity index (χ2v) is 8.06. The highest BCUT2D eigenvalue weighted by Crippen LogP contribution is 2.53. The minimum Gasteiger partial charge on any atom is -0.321 e. The van der Waals surface area contributed by atoms with Gasteiger partial charge in [0.1, 0.15) is 0 Å². The molecule has 158 valence electrons. The van der Waals surface area contributed by atoms with Crippen molar-refractivity contribution in [3.05, 3.63) is 71.8 Å². The lowest BCUT2D eigenvalue weighted by Crippen LogP contribution is -2.33. The average molecular weight is 426 g/mol. The van der Waals surface area contributed by atoms with E-state index in [1.165, 1.54) is 36.4 Å². The second kappa shape index (κ2) is 6.80. The van der Waals surface area contributed by atoms with Crippen LogP contribution in [0.1, 0.15) is 22.3 Å². The van der Waals surface area contributed by atoms with Crippen molar-refractivity contribution < 1.29 is 27.6 Å². The molecule has 1 heterocycles. The third-order valence-electron chi connectivity index (χ3n) is 6.32. The number of amides is 3. The number of rotatable bonds is 3. The van der Waals surface area contributed by atoms with Gasteiger partial charge in [-0.05, 0) is 48.6 Å². The molecule has 2 aliphatic carbocycles. The van der Waals surface area contributed by atoms with Crippen LogP contribution in [0.15, 0.2) is 60.7 Å². The summed E-state index contributed by atoms with van der Waals surface area (Å²) >= 11 is 0. The van der Waals surface area contributed by atoms with E-state index >= 15 is 0 Å². The number of allylic oxidation sites excluding steroid dienone is 2. The van der Waals surface area contributed by atoms with Gasteiger partial charge in [0.2, 0.25) is 11.8 Å². The van der Waals surface area contributed by atoms with Crippen LogP contribution < -0.4 is 10.2 Å². The highest BCUT2D eigenvalue weighted by molar-refractivity contribution is 6.23. The summed E-state index contributed by atoms with van der Waals surface area (Å²) in [5, 5.41) is 2.28. The van der Waals surface area contributed by atoms with E-state index in [0.29, 0.717) is 0 Å². The minimum atomic E-state index is -4.62. The SMILES string of the molecule is O=C(Nc1ccccc1C(F)(F)F)c1cccc(N2C(=O)[C@H]3[C@H](C2=O)[C@H]2C=C[C@H]3C2)c1. The first-order chi connectivity index (χ1) is 14.8. The van der Waals surface area contributed by atoms with Crippen molar-refractivity contribution in [3.63, 3.8) is 0 Å². The molecule has 2 bridgehead atoms. The predicted molar refractivity (Wildman–Crippen MR) is 106 cm³/mol. The molecular formula is C23H17F3N2O3. The highest BCUT2D eigenvalue weighted by Gasteiger charge is 2.59. The van der Waals surface area contributed by atoms with Gasteiger partial charge in [0, 0.05) is 5.56 Å². The number of para-hydroxylation sites is 1. The Balaban J connectivity index is 1.41. The molecule has 0 unspecified atom stereocenters. The van der Waals surface area contributed by atoms with Gasteiger partial charge < -0.3 is 5.32 Å². The van der Waals surface area contributed by atoms with Gasteiger partial charge in [-0.1, -0.05) is 30.4 Å². The molecule has 5 nitrogen and oxygen atoms in total. The van der Waals surface area contributed by atoms with Crippen LogP contribution >= 0.6 is 0 Å². The highest BCUT2D eigenvalue weighted by atomic mass is 19.4. The topological polar surface area (TPSA) is 66.5 Å². The maximum atomic E-state index is 13.2. The summed E-state index contributed by atoms with van der Waals surface area (Å²) in [6.07, 6.45) is 0.165. The normalized spacial score (nSPS) is 26.5. The quantitative estimate of drug-likeness (QED) is 0.589. The summed E-state index contributed by atoms with van der Waals surface area (Å²) < 4.78 is 39.6. The summed E-state index contributed by atoms with van der Waals surface area (Å²) in [5.41, 5.74) is -1.02. The zero-order valence-electron chi connectivity index (χ0n) is 16.1. The number of carbonyl (C=O) groups is 3. The Bertz CT molecular complexity index is 1110. The Labute approximate surface area is 175 Å². The second-order valence-electron chi connectivity index (χ2n) is 8.06. The zero-order chi connectivity index (χ0) is 21.9. The zero-order valence-corrected chi connectivity index (χ0v) is 16.1. The first-order valence-electron chi connectivity index (χ1n) is 9.89. The van der Waals surface area contributed by atoms with Crippen LogP contribution in [0.3, 0.4) is 0 Å². The first kappa shape index (κ1) is 19.5. The maximum absolute atomic E-state index is 13.2. The molecule has 4 atom stereocenters. The largest absolute Gasteiger partial charge is 0.418 e.